The van der Waals surface area contributed by atoms with E-state index in [-0.39, 0.29) is 58.9 Å². The molecule has 4 amide bonds. The van der Waals surface area contributed by atoms with Crippen LogP contribution in [0.2, 0.25) is 0 Å². The molecule has 137 heavy (non-hydrogen) atoms. The second-order valence-electron chi connectivity index (χ2n) is 33.9. The third-order valence-electron chi connectivity index (χ3n) is 24.6. The summed E-state index contributed by atoms with van der Waals surface area (Å²) in [5.41, 5.74) is 20.4. The molecule has 0 saturated carbocycles. The summed E-state index contributed by atoms with van der Waals surface area (Å²) in [5.74, 6) is 4.01. The molecule has 0 aliphatic carbocycles. The van der Waals surface area contributed by atoms with Gasteiger partial charge in [-0.1, -0.05) is 96.2 Å². The minimum atomic E-state index is -0.226. The number of pyridine rings is 1. The molecule has 9 N–H and O–H groups in total. The smallest absolute Gasteiger partial charge is 0.277 e. The molecule has 0 bridgehead atoms. The zero-order valence-electron chi connectivity index (χ0n) is 76.1. The molecule has 700 valence electrons. The second kappa shape index (κ2) is 43.0. The highest BCUT2D eigenvalue weighted by Crippen LogP contribution is 2.48. The van der Waals surface area contributed by atoms with Gasteiger partial charge < -0.3 is 93.2 Å². The first-order valence-electron chi connectivity index (χ1n) is 45.4. The molecule has 22 rings (SSSR count). The van der Waals surface area contributed by atoms with Crippen LogP contribution in [0.1, 0.15) is 57.2 Å². The Kier molecular flexibility index (Phi) is 29.3. The van der Waals surface area contributed by atoms with E-state index in [0.717, 1.165) is 125 Å². The fourth-order valence-corrected chi connectivity index (χ4v) is 22.7. The van der Waals surface area contributed by atoms with Crippen LogP contribution >= 0.6 is 56.7 Å². The van der Waals surface area contributed by atoms with Crippen LogP contribution in [0.4, 0.5) is 0 Å². The molecule has 0 saturated heterocycles. The Morgan fingerprint density at radius 1 is 0.453 bits per heavy atom. The van der Waals surface area contributed by atoms with Crippen molar-refractivity contribution < 1.29 is 92.8 Å². The van der Waals surface area contributed by atoms with Crippen molar-refractivity contribution in [3.63, 3.8) is 0 Å². The van der Waals surface area contributed by atoms with E-state index in [9.17, 15) is 39.6 Å². The predicted molar refractivity (Wildman–Crippen MR) is 539 cm³/mol. The van der Waals surface area contributed by atoms with Crippen LogP contribution in [0.5, 0.6) is 57.5 Å². The third-order valence-corrected chi connectivity index (χ3v) is 29.4. The number of carbonyl (C=O) groups is 4. The van der Waals surface area contributed by atoms with E-state index in [1.807, 2.05) is 86.0 Å². The standard InChI is InChI=1S/C25H24N2O2S.C21H16N2O4S.C21H22N2O3S.C20H20N2O3S.C20H19NO4S/c1-2-28-23-14-19(22-17-30-24-6-4-3-5-21(22)24)13-20-16-27(11-12-29-25(20)23)15-18-7-9-26-10-8-18;24-18-10-13(16-12-28-19-4-2-1-3-15(16)19)9-14-11-23(6-8-26-20(14)18)21(25)17-5-7-27-22-17;1-22(2)20(25)12-23-7-8-26-21-15(11-23)9-14(10-18(21)24)17-13-27-19-6-4-3-5-16(17)19;21-6-5-19(24)22-7-8-25-20-14(11-22)9-13(10-17(20)23)16-12-26-18-4-2-1-3-15(16)18;1-24-11-19(23)21-6-7-25-20-14(10-21)8-13(9-17(20)22)16-12-26-18-5-3-2-4-15(16)18/h3-10,13-14,17H,2,11-12,15-16H2,1H3;1-5,7,9-10,12,24H,6,8,11H2;3-6,9-10,13,24H,7-8,11-12H2,1-2H3;1-4,9-10,12,23H,5-8,11,21H2;2-5,8-9,12,22H,6-7,10-11H2,1H3/p+3. The first-order chi connectivity index (χ1) is 66.9. The summed E-state index contributed by atoms with van der Waals surface area (Å²) in [6.07, 6.45) is 5.53. The van der Waals surface area contributed by atoms with E-state index in [2.05, 4.69) is 146 Å². The number of fused-ring (bicyclic) bond motifs is 10. The van der Waals surface area contributed by atoms with Gasteiger partial charge in [0.1, 0.15) is 78.6 Å². The number of hydrogen-bond acceptors (Lipinski definition) is 23. The van der Waals surface area contributed by atoms with Crippen LogP contribution < -0.4 is 44.0 Å². The number of rotatable bonds is 16. The lowest BCUT2D eigenvalue weighted by Crippen LogP contribution is -3.12. The van der Waals surface area contributed by atoms with Crippen LogP contribution in [0.3, 0.4) is 0 Å². The molecule has 2 atom stereocenters. The van der Waals surface area contributed by atoms with Crippen molar-refractivity contribution in [1.82, 2.24) is 29.7 Å². The highest BCUT2D eigenvalue weighted by molar-refractivity contribution is 7.19. The summed E-state index contributed by atoms with van der Waals surface area (Å²) in [4.78, 5) is 62.8. The van der Waals surface area contributed by atoms with Gasteiger partial charge in [-0.15, -0.1) is 56.7 Å². The number of ether oxygens (including phenoxy) is 7. The molecule has 10 aromatic carbocycles. The summed E-state index contributed by atoms with van der Waals surface area (Å²) < 4.78 is 51.1. The molecule has 7 aromatic heterocycles. The van der Waals surface area contributed by atoms with Gasteiger partial charge in [-0.3, -0.25) is 24.2 Å². The number of benzene rings is 10. The molecular formula is C107H104N9O16S5+3. The summed E-state index contributed by atoms with van der Waals surface area (Å²) in [5, 5.41) is 62.5. The van der Waals surface area contributed by atoms with Gasteiger partial charge in [-0.05, 0) is 165 Å². The summed E-state index contributed by atoms with van der Waals surface area (Å²) in [6.45, 7) is 12.6. The van der Waals surface area contributed by atoms with E-state index in [4.69, 9.17) is 37.7 Å². The van der Waals surface area contributed by atoms with Crippen LogP contribution in [0.25, 0.3) is 106 Å². The average molecular weight is 1930 g/mol. The number of amides is 4. The number of methoxy groups -OCH3 is 1. The molecule has 17 aromatic rings. The van der Waals surface area contributed by atoms with E-state index in [1.54, 1.807) is 121 Å². The lowest BCUT2D eigenvalue weighted by atomic mass is 10.0. The van der Waals surface area contributed by atoms with Crippen LogP contribution in [-0.2, 0) is 58.4 Å². The van der Waals surface area contributed by atoms with Gasteiger partial charge >= 0.3 is 0 Å². The Hall–Kier alpha value is -13.9. The zero-order chi connectivity index (χ0) is 94.6. The van der Waals surface area contributed by atoms with Crippen molar-refractivity contribution in [2.75, 3.05) is 113 Å². The second-order valence-corrected chi connectivity index (χ2v) is 38.5. The molecular weight excluding hydrogens is 1830 g/mol. The molecule has 0 radical (unpaired) electrons. The number of carbonyl (C=O) groups excluding carboxylic acids is 4. The highest BCUT2D eigenvalue weighted by Gasteiger charge is 2.32. The zero-order valence-corrected chi connectivity index (χ0v) is 80.2. The van der Waals surface area contributed by atoms with E-state index >= 15 is 0 Å². The van der Waals surface area contributed by atoms with Gasteiger partial charge in [0.25, 0.3) is 11.8 Å². The number of nitrogens with one attached hydrogen (secondary N) is 2. The van der Waals surface area contributed by atoms with Crippen LogP contribution in [0, 0.1) is 0 Å². The molecule has 12 heterocycles. The van der Waals surface area contributed by atoms with Crippen molar-refractivity contribution in [2.45, 2.75) is 52.6 Å². The maximum absolute atomic E-state index is 12.7. The van der Waals surface area contributed by atoms with Crippen molar-refractivity contribution in [3.8, 4) is 113 Å². The molecule has 5 aliphatic heterocycles. The predicted octanol–water partition coefficient (Wildman–Crippen LogP) is 17.0. The Morgan fingerprint density at radius 2 is 0.825 bits per heavy atom. The van der Waals surface area contributed by atoms with Gasteiger partial charge in [0.05, 0.1) is 50.3 Å². The van der Waals surface area contributed by atoms with E-state index in [0.29, 0.717) is 128 Å². The minimum absolute atomic E-state index is 0.0379. The number of phenols is 4. The maximum Gasteiger partial charge on any atom is 0.277 e. The largest absolute Gasteiger partial charge is 0.504 e. The quantitative estimate of drug-likeness (QED) is 0.0473. The number of phenolic OH excluding ortho intramolecular Hbond substituents is 4. The van der Waals surface area contributed by atoms with Gasteiger partial charge in [-0.25, -0.2) is 0 Å². The Balaban J connectivity index is 0.000000114. The maximum atomic E-state index is 12.7. The van der Waals surface area contributed by atoms with Crippen LogP contribution in [-0.4, -0.2) is 187 Å². The summed E-state index contributed by atoms with van der Waals surface area (Å²) >= 11 is 8.51. The number of hydrogen-bond donors (Lipinski definition) is 7. The first-order valence-corrected chi connectivity index (χ1v) is 49.8. The number of aromatic hydroxyl groups is 4. The molecule has 5 aliphatic rings. The number of likely N-dealkylation sites (N-methyl/N-ethyl adjacent to an activating group) is 1. The fourth-order valence-electron chi connectivity index (χ4n) is 17.9. The van der Waals surface area contributed by atoms with Crippen molar-refractivity contribution in [1.29, 1.82) is 0 Å². The molecule has 30 heteroatoms. The minimum Gasteiger partial charge on any atom is -0.504 e. The SMILES string of the molecule is CCOc1cc(-c2csc3ccccc23)cc2c1OCC[NH+](Cc1ccncc1)C2.CN(C)C(=O)C[NH+]1CCOc2c(O)cc(-c3csc4ccccc34)cc2C1.COCC(=O)N1CCOc2c(O)cc(-c3csc4ccccc34)cc2C1.O=C(c1ccon1)N1CCOc2c(O)cc(-c3csc4ccccc34)cc2C1.[NH3+]CCC(=O)N1CCOc2c(O)cc(-c3csc4ccccc34)cc2C1. The Morgan fingerprint density at radius 3 is 1.24 bits per heavy atom. The molecule has 25 nitrogen and oxygen atoms in total. The van der Waals surface area contributed by atoms with Crippen molar-refractivity contribution in [3.05, 3.63) is 285 Å². The van der Waals surface area contributed by atoms with Gasteiger partial charge in [0.2, 0.25) is 11.8 Å². The lowest BCUT2D eigenvalue weighted by Gasteiger charge is -2.19. The number of thiophene rings is 5. The highest BCUT2D eigenvalue weighted by atomic mass is 32.1. The monoisotopic (exact) mass is 1930 g/mol. The number of nitrogens with zero attached hydrogens (tertiary/aromatic N) is 6. The normalized spacial score (nSPS) is 14.9. The van der Waals surface area contributed by atoms with Gasteiger partial charge in [0, 0.05) is 160 Å². The fraction of sp³-hybridized carbons (Fsp3) is 0.234. The van der Waals surface area contributed by atoms with Gasteiger partial charge in [-0.2, -0.15) is 0 Å². The van der Waals surface area contributed by atoms with E-state index in [1.165, 1.54) is 74.8 Å². The Labute approximate surface area is 811 Å². The number of quaternary nitrogens is 3. The van der Waals surface area contributed by atoms with Crippen LogP contribution in [0.15, 0.2) is 250 Å². The third kappa shape index (κ3) is 21.2. The molecule has 2 unspecified atom stereocenters. The van der Waals surface area contributed by atoms with Gasteiger partial charge in [0.15, 0.2) is 69.7 Å². The lowest BCUT2D eigenvalue weighted by molar-refractivity contribution is -0.926. The Bertz CT molecular complexity index is 7060. The number of aromatic nitrogens is 2. The van der Waals surface area contributed by atoms with Crippen molar-refractivity contribution in [2.24, 2.45) is 0 Å². The van der Waals surface area contributed by atoms with E-state index < -0.39 is 0 Å². The molecule has 0 fully saturated rings. The molecule has 0 spiro atoms. The summed E-state index contributed by atoms with van der Waals surface area (Å²) in [6, 6.07) is 66.7. The van der Waals surface area contributed by atoms with Crippen molar-refractivity contribution >= 4 is 131 Å². The first kappa shape index (κ1) is 93.5. The summed E-state index contributed by atoms with van der Waals surface area (Å²) in [7, 11) is 5.05. The topological polar surface area (TPSA) is 302 Å². The average Bonchev–Trinajstić information content (AvgIpc) is 1.68.